The number of rotatable bonds is 5. The highest BCUT2D eigenvalue weighted by Gasteiger charge is 2.23. The number of nitrogens with zero attached hydrogens (tertiary/aromatic N) is 1. The zero-order valence-corrected chi connectivity index (χ0v) is 14.6. The molecule has 9 heteroatoms. The van der Waals surface area contributed by atoms with E-state index in [0.29, 0.717) is 18.8 Å². The van der Waals surface area contributed by atoms with Crippen LogP contribution in [0.5, 0.6) is 5.75 Å². The Labute approximate surface area is 158 Å². The smallest absolute Gasteiger partial charge is 0.311 e. The first-order chi connectivity index (χ1) is 13.5. The highest BCUT2D eigenvalue weighted by molar-refractivity contribution is 6.06. The second kappa shape index (κ2) is 7.28. The van der Waals surface area contributed by atoms with E-state index in [-0.39, 0.29) is 34.4 Å². The Morgan fingerprint density at radius 1 is 1.21 bits per heavy atom. The van der Waals surface area contributed by atoms with E-state index >= 15 is 0 Å². The number of halogens is 1. The highest BCUT2D eigenvalue weighted by atomic mass is 19.1. The lowest BCUT2D eigenvalue weighted by atomic mass is 10.1. The molecule has 1 aliphatic rings. The molecule has 0 bridgehead atoms. The van der Waals surface area contributed by atoms with Crippen molar-refractivity contribution in [3.63, 3.8) is 0 Å². The van der Waals surface area contributed by atoms with Crippen LogP contribution in [0.2, 0.25) is 0 Å². The number of nitrogens with one attached hydrogen (secondary N) is 2. The molecule has 1 saturated heterocycles. The predicted molar refractivity (Wildman–Crippen MR) is 96.7 cm³/mol. The molecule has 28 heavy (non-hydrogen) atoms. The van der Waals surface area contributed by atoms with Crippen molar-refractivity contribution in [1.82, 2.24) is 10.3 Å². The molecule has 1 unspecified atom stereocenters. The molecule has 3 N–H and O–H groups in total. The zero-order valence-electron chi connectivity index (χ0n) is 14.6. The second-order valence-electron chi connectivity index (χ2n) is 6.31. The number of carbonyl (C=O) groups excluding carboxylic acids is 2. The molecule has 0 aliphatic carbocycles. The second-order valence-corrected chi connectivity index (χ2v) is 6.31. The Balaban J connectivity index is 1.57. The number of aromatic hydroxyl groups is 1. The van der Waals surface area contributed by atoms with E-state index in [4.69, 9.17) is 9.15 Å². The van der Waals surface area contributed by atoms with Gasteiger partial charge in [-0.3, -0.25) is 9.59 Å². The van der Waals surface area contributed by atoms with Gasteiger partial charge < -0.3 is 24.9 Å². The van der Waals surface area contributed by atoms with Gasteiger partial charge in [-0.2, -0.15) is 0 Å². The van der Waals surface area contributed by atoms with Crippen LogP contribution >= 0.6 is 0 Å². The van der Waals surface area contributed by atoms with Crippen molar-refractivity contribution in [3.8, 4) is 5.75 Å². The molecule has 0 radical (unpaired) electrons. The van der Waals surface area contributed by atoms with Crippen LogP contribution in [-0.4, -0.2) is 41.2 Å². The summed E-state index contributed by atoms with van der Waals surface area (Å²) in [5.74, 6) is -2.14. The van der Waals surface area contributed by atoms with Crippen molar-refractivity contribution in [2.75, 3.05) is 18.5 Å². The third kappa shape index (κ3) is 3.65. The molecule has 8 nitrogen and oxygen atoms in total. The quantitative estimate of drug-likeness (QED) is 0.582. The van der Waals surface area contributed by atoms with Crippen molar-refractivity contribution >= 4 is 28.6 Å². The van der Waals surface area contributed by atoms with E-state index < -0.39 is 17.6 Å². The minimum absolute atomic E-state index is 0.0179. The van der Waals surface area contributed by atoms with Crippen LogP contribution < -0.4 is 10.6 Å². The van der Waals surface area contributed by atoms with Gasteiger partial charge in [0.2, 0.25) is 0 Å². The van der Waals surface area contributed by atoms with E-state index in [0.717, 1.165) is 18.6 Å². The van der Waals surface area contributed by atoms with Crippen LogP contribution in [0.3, 0.4) is 0 Å². The van der Waals surface area contributed by atoms with Crippen LogP contribution in [0, 0.1) is 5.82 Å². The lowest BCUT2D eigenvalue weighted by molar-refractivity contribution is -0.0472. The normalized spacial score (nSPS) is 15.8. The molecular weight excluding hydrogens is 369 g/mol. The molecule has 144 valence electrons. The van der Waals surface area contributed by atoms with Crippen LogP contribution in [0.1, 0.15) is 27.5 Å². The molecular formula is C19H16FN3O5. The first-order valence-electron chi connectivity index (χ1n) is 8.60. The average molecular weight is 385 g/mol. The lowest BCUT2D eigenvalue weighted by Crippen LogP contribution is -2.39. The minimum atomic E-state index is -0.670. The monoisotopic (exact) mass is 385 g/mol. The van der Waals surface area contributed by atoms with Gasteiger partial charge in [-0.1, -0.05) is 0 Å². The topological polar surface area (TPSA) is 114 Å². The van der Waals surface area contributed by atoms with Gasteiger partial charge in [-0.25, -0.2) is 9.37 Å². The Hall–Kier alpha value is -3.46. The summed E-state index contributed by atoms with van der Waals surface area (Å²) >= 11 is 0. The lowest BCUT2D eigenvalue weighted by Gasteiger charge is -2.26. The van der Waals surface area contributed by atoms with E-state index in [9.17, 15) is 19.1 Å². The standard InChI is InChI=1S/C19H16FN3O5/c20-10-7-14(17(25)21-9-13-5-6-27-13)16-15(8-10)23-19(28-16)18(26)22-11-1-3-12(24)4-2-11/h1-4,7-8,13,24H,5-6,9H2,(H,21,25)(H,22,26). The van der Waals surface area contributed by atoms with Crippen molar-refractivity contribution < 1.29 is 28.2 Å². The van der Waals surface area contributed by atoms with Gasteiger partial charge in [-0.05, 0) is 36.8 Å². The maximum atomic E-state index is 13.9. The molecule has 1 aliphatic heterocycles. The molecule has 1 fully saturated rings. The molecule has 3 aromatic rings. The van der Waals surface area contributed by atoms with Gasteiger partial charge >= 0.3 is 5.91 Å². The largest absolute Gasteiger partial charge is 0.508 e. The Bertz CT molecular complexity index is 1040. The van der Waals surface area contributed by atoms with Crippen LogP contribution in [0.15, 0.2) is 40.8 Å². The summed E-state index contributed by atoms with van der Waals surface area (Å²) in [6, 6.07) is 7.93. The molecule has 2 heterocycles. The number of hydrogen-bond acceptors (Lipinski definition) is 6. The van der Waals surface area contributed by atoms with Crippen molar-refractivity contribution in [1.29, 1.82) is 0 Å². The van der Waals surface area contributed by atoms with Crippen molar-refractivity contribution in [2.24, 2.45) is 0 Å². The molecule has 1 atom stereocenters. The van der Waals surface area contributed by atoms with Gasteiger partial charge in [0, 0.05) is 24.9 Å². The van der Waals surface area contributed by atoms with E-state index in [1.54, 1.807) is 0 Å². The summed E-state index contributed by atoms with van der Waals surface area (Å²) in [4.78, 5) is 28.7. The minimum Gasteiger partial charge on any atom is -0.508 e. The maximum Gasteiger partial charge on any atom is 0.311 e. The summed E-state index contributed by atoms with van der Waals surface area (Å²) in [5, 5.41) is 14.5. The predicted octanol–water partition coefficient (Wildman–Crippen LogP) is 2.44. The molecule has 4 rings (SSSR count). The van der Waals surface area contributed by atoms with Gasteiger partial charge in [0.25, 0.3) is 11.8 Å². The third-order valence-corrected chi connectivity index (χ3v) is 4.30. The number of ether oxygens (including phenoxy) is 1. The fraction of sp³-hybridized carbons (Fsp3) is 0.211. The maximum absolute atomic E-state index is 13.9. The number of hydrogen-bond donors (Lipinski definition) is 3. The number of fused-ring (bicyclic) bond motifs is 1. The van der Waals surface area contributed by atoms with E-state index in [1.165, 1.54) is 24.3 Å². The molecule has 0 saturated carbocycles. The fourth-order valence-electron chi connectivity index (χ4n) is 2.74. The van der Waals surface area contributed by atoms with Gasteiger partial charge in [0.15, 0.2) is 5.58 Å². The summed E-state index contributed by atoms with van der Waals surface area (Å²) in [7, 11) is 0. The first kappa shape index (κ1) is 17.9. The molecule has 1 aromatic heterocycles. The summed E-state index contributed by atoms with van der Waals surface area (Å²) in [6.07, 6.45) is 0.803. The van der Waals surface area contributed by atoms with Gasteiger partial charge in [-0.15, -0.1) is 0 Å². The Kier molecular flexibility index (Phi) is 4.66. The van der Waals surface area contributed by atoms with Crippen LogP contribution in [0.4, 0.5) is 10.1 Å². The third-order valence-electron chi connectivity index (χ3n) is 4.30. The van der Waals surface area contributed by atoms with Gasteiger partial charge in [0.1, 0.15) is 17.1 Å². The molecule has 2 aromatic carbocycles. The van der Waals surface area contributed by atoms with Crippen molar-refractivity contribution in [3.05, 3.63) is 53.7 Å². The summed E-state index contributed by atoms with van der Waals surface area (Å²) in [5.41, 5.74) is 0.436. The van der Waals surface area contributed by atoms with E-state index in [1.807, 2.05) is 0 Å². The number of carbonyl (C=O) groups is 2. The van der Waals surface area contributed by atoms with Crippen LogP contribution in [0.25, 0.3) is 11.1 Å². The fourth-order valence-corrected chi connectivity index (χ4v) is 2.74. The number of oxazole rings is 1. The molecule has 2 amide bonds. The number of anilines is 1. The van der Waals surface area contributed by atoms with Gasteiger partial charge in [0.05, 0.1) is 11.7 Å². The first-order valence-corrected chi connectivity index (χ1v) is 8.60. The van der Waals surface area contributed by atoms with Crippen molar-refractivity contribution in [2.45, 2.75) is 12.5 Å². The number of benzene rings is 2. The van der Waals surface area contributed by atoms with E-state index in [2.05, 4.69) is 15.6 Å². The highest BCUT2D eigenvalue weighted by Crippen LogP contribution is 2.23. The molecule has 0 spiro atoms. The Morgan fingerprint density at radius 2 is 1.96 bits per heavy atom. The zero-order chi connectivity index (χ0) is 19.7. The average Bonchev–Trinajstić information content (AvgIpc) is 3.05. The summed E-state index contributed by atoms with van der Waals surface area (Å²) < 4.78 is 24.6. The SMILES string of the molecule is O=C(Nc1ccc(O)cc1)c1nc2cc(F)cc(C(=O)NCC3CCO3)c2o1. The number of aromatic nitrogens is 1. The Morgan fingerprint density at radius 3 is 2.64 bits per heavy atom. The number of phenolic OH excluding ortho intramolecular Hbond substituents is 1. The van der Waals surface area contributed by atoms with Crippen LogP contribution in [-0.2, 0) is 4.74 Å². The summed E-state index contributed by atoms with van der Waals surface area (Å²) in [6.45, 7) is 0.964. The number of phenols is 1. The number of amides is 2.